The van der Waals surface area contributed by atoms with Crippen LogP contribution < -0.4 is 4.74 Å². The molecule has 0 aliphatic carbocycles. The van der Waals surface area contributed by atoms with E-state index in [2.05, 4.69) is 20.1 Å². The van der Waals surface area contributed by atoms with E-state index in [0.29, 0.717) is 29.0 Å². The summed E-state index contributed by atoms with van der Waals surface area (Å²) in [5, 5.41) is 9.29. The van der Waals surface area contributed by atoms with E-state index in [-0.39, 0.29) is 0 Å². The van der Waals surface area contributed by atoms with Crippen molar-refractivity contribution in [2.75, 3.05) is 27.2 Å². The van der Waals surface area contributed by atoms with E-state index in [9.17, 15) is 0 Å². The minimum atomic E-state index is 0.470. The normalized spacial score (nSPS) is 10.9. The lowest BCUT2D eigenvalue weighted by Crippen LogP contribution is -2.20. The Kier molecular flexibility index (Phi) is 5.58. The van der Waals surface area contributed by atoms with Gasteiger partial charge in [0.05, 0.1) is 0 Å². The second kappa shape index (κ2) is 8.05. The molecule has 3 rings (SSSR count). The van der Waals surface area contributed by atoms with Crippen LogP contribution in [0.3, 0.4) is 0 Å². The fourth-order valence-electron chi connectivity index (χ4n) is 2.24. The molecule has 0 saturated heterocycles. The zero-order valence-corrected chi connectivity index (χ0v) is 14.9. The number of aromatic nitrogens is 3. The molecule has 3 aromatic rings. The van der Waals surface area contributed by atoms with Crippen LogP contribution >= 0.6 is 11.6 Å². The predicted octanol–water partition coefficient (Wildman–Crippen LogP) is 3.80. The lowest BCUT2D eigenvalue weighted by Gasteiger charge is -2.13. The van der Waals surface area contributed by atoms with Gasteiger partial charge < -0.3 is 9.64 Å². The Labute approximate surface area is 152 Å². The fraction of sp³-hybridized carbons (Fsp3) is 0.211. The van der Waals surface area contributed by atoms with Crippen LogP contribution in [0.1, 0.15) is 0 Å². The third kappa shape index (κ3) is 4.53. The molecule has 0 unspecified atom stereocenters. The third-order valence-electron chi connectivity index (χ3n) is 3.58. The topological polar surface area (TPSA) is 51.1 Å². The number of halogens is 1. The lowest BCUT2D eigenvalue weighted by molar-refractivity contribution is 0.253. The Hall–Kier alpha value is -2.50. The van der Waals surface area contributed by atoms with Crippen LogP contribution in [-0.4, -0.2) is 47.3 Å². The number of hydrogen-bond acceptors (Lipinski definition) is 5. The van der Waals surface area contributed by atoms with E-state index < -0.39 is 0 Å². The molecule has 25 heavy (non-hydrogen) atoms. The Morgan fingerprint density at radius 1 is 0.920 bits per heavy atom. The van der Waals surface area contributed by atoms with Gasteiger partial charge in [-0.15, -0.1) is 10.2 Å². The summed E-state index contributed by atoms with van der Waals surface area (Å²) in [5.74, 6) is 1.01. The van der Waals surface area contributed by atoms with Gasteiger partial charge in [0, 0.05) is 22.7 Å². The van der Waals surface area contributed by atoms with Crippen LogP contribution in [0.25, 0.3) is 22.6 Å². The lowest BCUT2D eigenvalue weighted by atomic mass is 10.1. The van der Waals surface area contributed by atoms with E-state index >= 15 is 0 Å². The van der Waals surface area contributed by atoms with Crippen LogP contribution in [0.15, 0.2) is 54.6 Å². The Bertz CT molecular complexity index is 823. The smallest absolute Gasteiger partial charge is 0.244 e. The van der Waals surface area contributed by atoms with Gasteiger partial charge in [0.15, 0.2) is 11.5 Å². The van der Waals surface area contributed by atoms with Crippen molar-refractivity contribution in [1.82, 2.24) is 20.1 Å². The number of benzene rings is 2. The van der Waals surface area contributed by atoms with Gasteiger partial charge in [0.2, 0.25) is 5.88 Å². The van der Waals surface area contributed by atoms with Crippen molar-refractivity contribution < 1.29 is 4.74 Å². The minimum absolute atomic E-state index is 0.470. The van der Waals surface area contributed by atoms with E-state index in [1.165, 1.54) is 0 Å². The van der Waals surface area contributed by atoms with Gasteiger partial charge in [-0.05, 0) is 26.2 Å². The van der Waals surface area contributed by atoms with Gasteiger partial charge in [-0.25, -0.2) is 0 Å². The van der Waals surface area contributed by atoms with Gasteiger partial charge in [0.25, 0.3) is 0 Å². The summed E-state index contributed by atoms with van der Waals surface area (Å²) in [7, 11) is 3.99. The minimum Gasteiger partial charge on any atom is -0.475 e. The van der Waals surface area contributed by atoms with Crippen LogP contribution in [-0.2, 0) is 0 Å². The molecule has 6 heteroatoms. The molecular formula is C19H19ClN4O. The molecule has 0 aliphatic rings. The molecule has 2 aromatic carbocycles. The number of likely N-dealkylation sites (N-methyl/N-ethyl adjacent to an activating group) is 1. The SMILES string of the molecule is CN(C)CCOc1nc(-c2ccccc2)nnc1-c1ccc(Cl)cc1. The van der Waals surface area contributed by atoms with Gasteiger partial charge in [-0.1, -0.05) is 54.1 Å². The summed E-state index contributed by atoms with van der Waals surface area (Å²) >= 11 is 5.97. The van der Waals surface area contributed by atoms with Crippen LogP contribution in [0.5, 0.6) is 5.88 Å². The van der Waals surface area contributed by atoms with Gasteiger partial charge in [-0.2, -0.15) is 4.98 Å². The Balaban J connectivity index is 1.97. The maximum absolute atomic E-state index is 5.97. The molecule has 0 fully saturated rings. The van der Waals surface area contributed by atoms with Crippen LogP contribution in [0.2, 0.25) is 5.02 Å². The average molecular weight is 355 g/mol. The highest BCUT2D eigenvalue weighted by molar-refractivity contribution is 6.30. The van der Waals surface area contributed by atoms with Gasteiger partial charge in [0.1, 0.15) is 6.61 Å². The maximum Gasteiger partial charge on any atom is 0.244 e. The van der Waals surface area contributed by atoms with Crippen molar-refractivity contribution >= 4 is 11.6 Å². The van der Waals surface area contributed by atoms with Crippen molar-refractivity contribution in [2.45, 2.75) is 0 Å². The summed E-state index contributed by atoms with van der Waals surface area (Å²) in [6.45, 7) is 1.30. The summed E-state index contributed by atoms with van der Waals surface area (Å²) in [6.07, 6.45) is 0. The molecule has 0 saturated carbocycles. The molecule has 1 heterocycles. The molecule has 0 spiro atoms. The van der Waals surface area contributed by atoms with Crippen molar-refractivity contribution in [3.8, 4) is 28.5 Å². The summed E-state index contributed by atoms with van der Waals surface area (Å²) in [5.41, 5.74) is 2.37. The maximum atomic E-state index is 5.97. The van der Waals surface area contributed by atoms with E-state index in [1.807, 2.05) is 68.7 Å². The molecule has 128 valence electrons. The first kappa shape index (κ1) is 17.3. The molecule has 0 N–H and O–H groups in total. The van der Waals surface area contributed by atoms with Crippen molar-refractivity contribution in [3.63, 3.8) is 0 Å². The predicted molar refractivity (Wildman–Crippen MR) is 99.8 cm³/mol. The molecule has 1 aromatic heterocycles. The first-order chi connectivity index (χ1) is 12.1. The molecule has 0 atom stereocenters. The van der Waals surface area contributed by atoms with E-state index in [0.717, 1.165) is 17.7 Å². The highest BCUT2D eigenvalue weighted by Crippen LogP contribution is 2.28. The molecule has 0 radical (unpaired) electrons. The molecule has 0 bridgehead atoms. The molecule has 0 amide bonds. The fourth-order valence-corrected chi connectivity index (χ4v) is 2.36. The third-order valence-corrected chi connectivity index (χ3v) is 3.83. The quantitative estimate of drug-likeness (QED) is 0.674. The highest BCUT2D eigenvalue weighted by atomic mass is 35.5. The number of nitrogens with zero attached hydrogens (tertiary/aromatic N) is 4. The average Bonchev–Trinajstić information content (AvgIpc) is 2.63. The standard InChI is InChI=1S/C19H19ClN4O/c1-24(2)12-13-25-19-17(14-8-10-16(20)11-9-14)22-23-18(21-19)15-6-4-3-5-7-15/h3-11H,12-13H2,1-2H3. The number of ether oxygens (including phenoxy) is 1. The second-order valence-corrected chi connectivity index (χ2v) is 6.25. The van der Waals surface area contributed by atoms with Crippen LogP contribution in [0, 0.1) is 0 Å². The van der Waals surface area contributed by atoms with Gasteiger partial charge >= 0.3 is 0 Å². The molecule has 5 nitrogen and oxygen atoms in total. The largest absolute Gasteiger partial charge is 0.475 e. The monoisotopic (exact) mass is 354 g/mol. The molecule has 0 aliphatic heterocycles. The summed E-state index contributed by atoms with van der Waals surface area (Å²) in [6, 6.07) is 17.1. The van der Waals surface area contributed by atoms with Crippen molar-refractivity contribution in [2.24, 2.45) is 0 Å². The van der Waals surface area contributed by atoms with Gasteiger partial charge in [-0.3, -0.25) is 0 Å². The second-order valence-electron chi connectivity index (χ2n) is 5.81. The first-order valence-electron chi connectivity index (χ1n) is 7.97. The zero-order chi connectivity index (χ0) is 17.6. The van der Waals surface area contributed by atoms with Crippen molar-refractivity contribution in [3.05, 3.63) is 59.6 Å². The van der Waals surface area contributed by atoms with E-state index in [4.69, 9.17) is 16.3 Å². The summed E-state index contributed by atoms with van der Waals surface area (Å²) in [4.78, 5) is 6.64. The van der Waals surface area contributed by atoms with E-state index in [1.54, 1.807) is 0 Å². The van der Waals surface area contributed by atoms with Crippen LogP contribution in [0.4, 0.5) is 0 Å². The summed E-state index contributed by atoms with van der Waals surface area (Å²) < 4.78 is 5.91. The number of rotatable bonds is 6. The first-order valence-corrected chi connectivity index (χ1v) is 8.35. The molecular weight excluding hydrogens is 336 g/mol. The number of hydrogen-bond donors (Lipinski definition) is 0. The zero-order valence-electron chi connectivity index (χ0n) is 14.2. The van der Waals surface area contributed by atoms with Crippen molar-refractivity contribution in [1.29, 1.82) is 0 Å². The Morgan fingerprint density at radius 3 is 2.32 bits per heavy atom. The highest BCUT2D eigenvalue weighted by Gasteiger charge is 2.14. The Morgan fingerprint density at radius 2 is 1.64 bits per heavy atom.